The van der Waals surface area contributed by atoms with Gasteiger partial charge in [-0.2, -0.15) is 0 Å². The second-order valence-electron chi connectivity index (χ2n) is 6.83. The number of sulfonamides is 1. The van der Waals surface area contributed by atoms with E-state index in [9.17, 15) is 18.0 Å². The van der Waals surface area contributed by atoms with Crippen LogP contribution in [0.25, 0.3) is 0 Å². The second kappa shape index (κ2) is 10.4. The van der Waals surface area contributed by atoms with Gasteiger partial charge >= 0.3 is 0 Å². The van der Waals surface area contributed by atoms with Crippen LogP contribution < -0.4 is 9.62 Å². The van der Waals surface area contributed by atoms with E-state index >= 15 is 0 Å². The van der Waals surface area contributed by atoms with Gasteiger partial charge in [-0.1, -0.05) is 41.9 Å². The third kappa shape index (κ3) is 6.47. The number of likely N-dealkylation sites (N-methyl/N-ethyl adjacent to an activating group) is 1. The van der Waals surface area contributed by atoms with Crippen LogP contribution in [0, 0.1) is 0 Å². The van der Waals surface area contributed by atoms with Crippen molar-refractivity contribution in [2.75, 3.05) is 23.7 Å². The number of para-hydroxylation sites is 1. The van der Waals surface area contributed by atoms with Gasteiger partial charge in [-0.15, -0.1) is 0 Å². The van der Waals surface area contributed by atoms with E-state index in [0.717, 1.165) is 16.1 Å². The number of amides is 2. The third-order valence-corrected chi connectivity index (χ3v) is 5.86. The van der Waals surface area contributed by atoms with Crippen LogP contribution in [0.5, 0.6) is 0 Å². The van der Waals surface area contributed by atoms with Crippen LogP contribution in [0.15, 0.2) is 54.6 Å². The summed E-state index contributed by atoms with van der Waals surface area (Å²) in [6, 6.07) is 14.5. The Bertz CT molecular complexity index is 983. The molecule has 0 bridgehead atoms. The zero-order valence-electron chi connectivity index (χ0n) is 17.2. The summed E-state index contributed by atoms with van der Waals surface area (Å²) in [5.74, 6) is -0.818. The SMILES string of the molecule is CCNC(=O)[C@@H](C)N(Cc1cccc(Cl)c1)C(=O)CN(c1ccccc1)S(C)(=O)=O. The van der Waals surface area contributed by atoms with Crippen molar-refractivity contribution in [2.45, 2.75) is 26.4 Å². The van der Waals surface area contributed by atoms with Gasteiger partial charge in [0.05, 0.1) is 11.9 Å². The molecule has 0 saturated heterocycles. The largest absolute Gasteiger partial charge is 0.355 e. The topological polar surface area (TPSA) is 86.8 Å². The monoisotopic (exact) mass is 451 g/mol. The summed E-state index contributed by atoms with van der Waals surface area (Å²) in [5, 5.41) is 3.21. The normalized spacial score (nSPS) is 12.1. The molecule has 7 nitrogen and oxygen atoms in total. The highest BCUT2D eigenvalue weighted by atomic mass is 35.5. The Morgan fingerprint density at radius 2 is 1.77 bits per heavy atom. The van der Waals surface area contributed by atoms with Crippen LogP contribution in [0.1, 0.15) is 19.4 Å². The number of hydrogen-bond acceptors (Lipinski definition) is 4. The smallest absolute Gasteiger partial charge is 0.244 e. The Balaban J connectivity index is 2.35. The molecule has 0 aliphatic heterocycles. The van der Waals surface area contributed by atoms with E-state index < -0.39 is 28.5 Å². The first kappa shape index (κ1) is 23.7. The molecule has 2 aromatic rings. The van der Waals surface area contributed by atoms with Gasteiger partial charge < -0.3 is 10.2 Å². The first-order valence-electron chi connectivity index (χ1n) is 9.48. The highest BCUT2D eigenvalue weighted by molar-refractivity contribution is 7.92. The summed E-state index contributed by atoms with van der Waals surface area (Å²) in [4.78, 5) is 27.0. The number of nitrogens with one attached hydrogen (secondary N) is 1. The van der Waals surface area contributed by atoms with Crippen molar-refractivity contribution in [1.29, 1.82) is 0 Å². The molecule has 0 aliphatic rings. The van der Waals surface area contributed by atoms with Gasteiger partial charge in [0.15, 0.2) is 0 Å². The molecule has 0 spiro atoms. The van der Waals surface area contributed by atoms with E-state index in [4.69, 9.17) is 11.6 Å². The zero-order valence-corrected chi connectivity index (χ0v) is 18.8. The van der Waals surface area contributed by atoms with Crippen LogP contribution in [0.2, 0.25) is 5.02 Å². The first-order chi connectivity index (χ1) is 14.1. The van der Waals surface area contributed by atoms with Crippen molar-refractivity contribution < 1.29 is 18.0 Å². The Morgan fingerprint density at radius 3 is 2.33 bits per heavy atom. The molecule has 1 atom stereocenters. The van der Waals surface area contributed by atoms with Crippen LogP contribution in [0.3, 0.4) is 0 Å². The van der Waals surface area contributed by atoms with Crippen LogP contribution >= 0.6 is 11.6 Å². The predicted molar refractivity (Wildman–Crippen MR) is 119 cm³/mol. The van der Waals surface area contributed by atoms with Gasteiger partial charge in [0, 0.05) is 18.1 Å². The van der Waals surface area contributed by atoms with E-state index in [-0.39, 0.29) is 12.5 Å². The van der Waals surface area contributed by atoms with E-state index in [0.29, 0.717) is 17.3 Å². The fourth-order valence-corrected chi connectivity index (χ4v) is 4.01. The quantitative estimate of drug-likeness (QED) is 0.635. The number of nitrogens with zero attached hydrogens (tertiary/aromatic N) is 2. The minimum Gasteiger partial charge on any atom is -0.355 e. The number of rotatable bonds is 9. The maximum atomic E-state index is 13.2. The molecule has 0 saturated carbocycles. The lowest BCUT2D eigenvalue weighted by atomic mass is 10.1. The lowest BCUT2D eigenvalue weighted by Gasteiger charge is -2.31. The number of hydrogen-bond donors (Lipinski definition) is 1. The van der Waals surface area contributed by atoms with Crippen molar-refractivity contribution in [2.24, 2.45) is 0 Å². The molecule has 0 aliphatic carbocycles. The van der Waals surface area contributed by atoms with Gasteiger partial charge in [0.2, 0.25) is 21.8 Å². The van der Waals surface area contributed by atoms with Crippen molar-refractivity contribution >= 4 is 39.1 Å². The van der Waals surface area contributed by atoms with E-state index in [2.05, 4.69) is 5.32 Å². The van der Waals surface area contributed by atoms with Gasteiger partial charge in [-0.25, -0.2) is 8.42 Å². The van der Waals surface area contributed by atoms with E-state index in [1.807, 2.05) is 0 Å². The predicted octanol–water partition coefficient (Wildman–Crippen LogP) is 2.66. The molecule has 2 rings (SSSR count). The Hall–Kier alpha value is -2.58. The molecule has 0 unspecified atom stereocenters. The summed E-state index contributed by atoms with van der Waals surface area (Å²) < 4.78 is 25.7. The second-order valence-corrected chi connectivity index (χ2v) is 9.17. The molecule has 162 valence electrons. The molecular formula is C21H26ClN3O4S. The first-order valence-corrected chi connectivity index (χ1v) is 11.7. The van der Waals surface area contributed by atoms with Gasteiger partial charge in [-0.05, 0) is 43.7 Å². The van der Waals surface area contributed by atoms with Crippen LogP contribution in [-0.2, 0) is 26.2 Å². The van der Waals surface area contributed by atoms with Crippen molar-refractivity contribution in [3.05, 3.63) is 65.2 Å². The fourth-order valence-electron chi connectivity index (χ4n) is 2.94. The highest BCUT2D eigenvalue weighted by Gasteiger charge is 2.29. The average Bonchev–Trinajstić information content (AvgIpc) is 2.69. The number of carbonyl (C=O) groups excluding carboxylic acids is 2. The van der Waals surface area contributed by atoms with Gasteiger partial charge in [-0.3, -0.25) is 13.9 Å². The number of anilines is 1. The lowest BCUT2D eigenvalue weighted by molar-refractivity contribution is -0.139. The lowest BCUT2D eigenvalue weighted by Crippen LogP contribution is -2.51. The molecule has 0 heterocycles. The van der Waals surface area contributed by atoms with Gasteiger partial charge in [0.1, 0.15) is 12.6 Å². The molecule has 30 heavy (non-hydrogen) atoms. The molecule has 0 radical (unpaired) electrons. The Morgan fingerprint density at radius 1 is 1.10 bits per heavy atom. The maximum Gasteiger partial charge on any atom is 0.244 e. The Labute approximate surface area is 182 Å². The maximum absolute atomic E-state index is 13.2. The molecule has 2 amide bonds. The number of halogens is 1. The molecule has 9 heteroatoms. The minimum atomic E-state index is -3.72. The average molecular weight is 452 g/mol. The minimum absolute atomic E-state index is 0.115. The molecule has 2 aromatic carbocycles. The standard InChI is InChI=1S/C21H26ClN3O4S/c1-4-23-21(27)16(2)24(14-17-9-8-10-18(22)13-17)20(26)15-25(30(3,28)29)19-11-6-5-7-12-19/h5-13,16H,4,14-15H2,1-3H3,(H,23,27)/t16-/m1/s1. The molecule has 0 aromatic heterocycles. The van der Waals surface area contributed by atoms with Crippen molar-refractivity contribution in [1.82, 2.24) is 10.2 Å². The van der Waals surface area contributed by atoms with Gasteiger partial charge in [0.25, 0.3) is 0 Å². The summed E-state index contributed by atoms with van der Waals surface area (Å²) >= 11 is 6.05. The molecular weight excluding hydrogens is 426 g/mol. The highest BCUT2D eigenvalue weighted by Crippen LogP contribution is 2.19. The van der Waals surface area contributed by atoms with Crippen LogP contribution in [0.4, 0.5) is 5.69 Å². The van der Waals surface area contributed by atoms with Crippen LogP contribution in [-0.4, -0.2) is 50.5 Å². The number of carbonyl (C=O) groups is 2. The van der Waals surface area contributed by atoms with Crippen molar-refractivity contribution in [3.8, 4) is 0 Å². The Kier molecular flexibility index (Phi) is 8.25. The van der Waals surface area contributed by atoms with E-state index in [1.54, 1.807) is 68.4 Å². The summed E-state index contributed by atoms with van der Waals surface area (Å²) in [5.41, 5.74) is 1.11. The summed E-state index contributed by atoms with van der Waals surface area (Å²) in [6.45, 7) is 3.51. The van der Waals surface area contributed by atoms with Crippen molar-refractivity contribution in [3.63, 3.8) is 0 Å². The zero-order chi connectivity index (χ0) is 22.3. The molecule has 0 fully saturated rings. The summed E-state index contributed by atoms with van der Waals surface area (Å²) in [6.07, 6.45) is 1.04. The number of benzene rings is 2. The van der Waals surface area contributed by atoms with E-state index in [1.165, 1.54) is 4.90 Å². The molecule has 1 N–H and O–H groups in total. The summed E-state index contributed by atoms with van der Waals surface area (Å²) in [7, 11) is -3.72. The third-order valence-electron chi connectivity index (χ3n) is 4.48. The fraction of sp³-hybridized carbons (Fsp3) is 0.333.